The lowest BCUT2D eigenvalue weighted by Gasteiger charge is -2.37. The minimum atomic E-state index is -0.623. The molecule has 0 saturated carbocycles. The molecule has 0 aromatic heterocycles. The Hall–Kier alpha value is -1.95. The molecule has 1 fully saturated rings. The van der Waals surface area contributed by atoms with Gasteiger partial charge in [-0.2, -0.15) is 0 Å². The van der Waals surface area contributed by atoms with Gasteiger partial charge in [0.2, 0.25) is 0 Å². The molecule has 0 unspecified atom stereocenters. The van der Waals surface area contributed by atoms with Gasteiger partial charge in [0.05, 0.1) is 20.3 Å². The largest absolute Gasteiger partial charge is 0.497 e. The number of hydrogen-bond donors (Lipinski definition) is 1. The molecule has 0 radical (unpaired) electrons. The molecule has 1 heterocycles. The Balaban J connectivity index is 1.60. The predicted molar refractivity (Wildman–Crippen MR) is 105 cm³/mol. The van der Waals surface area contributed by atoms with Crippen molar-refractivity contribution < 1.29 is 14.6 Å². The van der Waals surface area contributed by atoms with Gasteiger partial charge in [-0.1, -0.05) is 11.6 Å². The number of benzene rings is 2. The second-order valence-electron chi connectivity index (χ2n) is 6.39. The monoisotopic (exact) mass is 376 g/mol. The first-order valence-electron chi connectivity index (χ1n) is 8.73. The molecule has 0 amide bonds. The van der Waals surface area contributed by atoms with Gasteiger partial charge in [-0.05, 0) is 42.5 Å². The van der Waals surface area contributed by atoms with Crippen molar-refractivity contribution in [3.63, 3.8) is 0 Å². The lowest BCUT2D eigenvalue weighted by atomic mass is 10.1. The molecular formula is C20H25ClN2O3. The van der Waals surface area contributed by atoms with E-state index in [2.05, 4.69) is 9.80 Å². The van der Waals surface area contributed by atoms with Gasteiger partial charge < -0.3 is 19.5 Å². The molecule has 2 aromatic rings. The van der Waals surface area contributed by atoms with E-state index in [1.54, 1.807) is 14.2 Å². The van der Waals surface area contributed by atoms with Crippen molar-refractivity contribution in [3.05, 3.63) is 53.1 Å². The summed E-state index contributed by atoms with van der Waals surface area (Å²) in [6.45, 7) is 4.20. The smallest absolute Gasteiger partial charge is 0.124 e. The number of hydrogen-bond acceptors (Lipinski definition) is 5. The van der Waals surface area contributed by atoms with E-state index >= 15 is 0 Å². The van der Waals surface area contributed by atoms with Crippen LogP contribution in [0.1, 0.15) is 11.7 Å². The van der Waals surface area contributed by atoms with E-state index < -0.39 is 6.10 Å². The predicted octanol–water partition coefficient (Wildman–Crippen LogP) is 3.21. The van der Waals surface area contributed by atoms with Gasteiger partial charge in [0, 0.05) is 49.0 Å². The van der Waals surface area contributed by atoms with E-state index in [0.717, 1.165) is 36.8 Å². The number of nitrogens with zero attached hydrogens (tertiary/aromatic N) is 2. The van der Waals surface area contributed by atoms with Gasteiger partial charge in [0.15, 0.2) is 0 Å². The number of halogens is 1. The van der Waals surface area contributed by atoms with Crippen LogP contribution in [0.25, 0.3) is 0 Å². The standard InChI is InChI=1S/C20H25ClN2O3/c1-25-17-7-8-20(26-2)18(13-17)19(24)14-22-9-11-23(12-10-22)16-5-3-15(21)4-6-16/h3-8,13,19,24H,9-12,14H2,1-2H3/t19-/m1/s1. The Labute approximate surface area is 159 Å². The number of ether oxygens (including phenoxy) is 2. The van der Waals surface area contributed by atoms with E-state index in [1.807, 2.05) is 42.5 Å². The summed E-state index contributed by atoms with van der Waals surface area (Å²) in [5.74, 6) is 1.39. The average Bonchev–Trinajstić information content (AvgIpc) is 2.68. The van der Waals surface area contributed by atoms with Crippen LogP contribution in [-0.2, 0) is 0 Å². The first-order valence-corrected chi connectivity index (χ1v) is 9.11. The first kappa shape index (κ1) is 18.8. The lowest BCUT2D eigenvalue weighted by Crippen LogP contribution is -2.47. The quantitative estimate of drug-likeness (QED) is 0.838. The molecule has 6 heteroatoms. The van der Waals surface area contributed by atoms with Crippen LogP contribution in [0.15, 0.2) is 42.5 Å². The van der Waals surface area contributed by atoms with Crippen LogP contribution < -0.4 is 14.4 Å². The summed E-state index contributed by atoms with van der Waals surface area (Å²) in [7, 11) is 3.23. The van der Waals surface area contributed by atoms with Gasteiger partial charge in [0.25, 0.3) is 0 Å². The molecule has 1 aliphatic rings. The fourth-order valence-electron chi connectivity index (χ4n) is 3.28. The molecule has 0 spiro atoms. The van der Waals surface area contributed by atoms with Crippen molar-refractivity contribution in [3.8, 4) is 11.5 Å². The number of rotatable bonds is 6. The van der Waals surface area contributed by atoms with Crippen molar-refractivity contribution >= 4 is 17.3 Å². The van der Waals surface area contributed by atoms with Gasteiger partial charge >= 0.3 is 0 Å². The number of methoxy groups -OCH3 is 2. The molecule has 0 aliphatic carbocycles. The zero-order valence-electron chi connectivity index (χ0n) is 15.2. The summed E-state index contributed by atoms with van der Waals surface area (Å²) in [5.41, 5.74) is 1.94. The third kappa shape index (κ3) is 4.41. The fourth-order valence-corrected chi connectivity index (χ4v) is 3.41. The fraction of sp³-hybridized carbons (Fsp3) is 0.400. The van der Waals surface area contributed by atoms with Crippen LogP contribution in [-0.4, -0.2) is 56.9 Å². The van der Waals surface area contributed by atoms with Crippen molar-refractivity contribution in [1.82, 2.24) is 4.90 Å². The summed E-state index contributed by atoms with van der Waals surface area (Å²) in [6.07, 6.45) is -0.623. The minimum absolute atomic E-state index is 0.567. The van der Waals surface area contributed by atoms with Gasteiger partial charge in [-0.25, -0.2) is 0 Å². The van der Waals surface area contributed by atoms with E-state index in [4.69, 9.17) is 21.1 Å². The number of aliphatic hydroxyl groups is 1. The number of β-amino-alcohol motifs (C(OH)–C–C–N with tert-alkyl or cyclic N) is 1. The van der Waals surface area contributed by atoms with Crippen LogP contribution in [0, 0.1) is 0 Å². The SMILES string of the molecule is COc1ccc(OC)c([C@H](O)CN2CCN(c3ccc(Cl)cc3)CC2)c1. The molecule has 3 rings (SSSR count). The molecule has 1 N–H and O–H groups in total. The summed E-state index contributed by atoms with van der Waals surface area (Å²) in [6, 6.07) is 13.4. The second kappa shape index (κ2) is 8.62. The summed E-state index contributed by atoms with van der Waals surface area (Å²) in [4.78, 5) is 4.61. The molecule has 5 nitrogen and oxygen atoms in total. The third-order valence-electron chi connectivity index (χ3n) is 4.79. The van der Waals surface area contributed by atoms with Crippen LogP contribution >= 0.6 is 11.6 Å². The van der Waals surface area contributed by atoms with E-state index in [1.165, 1.54) is 5.69 Å². The maximum absolute atomic E-state index is 10.7. The Bertz CT molecular complexity index is 715. The van der Waals surface area contributed by atoms with Crippen LogP contribution in [0.4, 0.5) is 5.69 Å². The first-order chi connectivity index (χ1) is 12.6. The molecule has 140 valence electrons. The van der Waals surface area contributed by atoms with Crippen LogP contribution in [0.3, 0.4) is 0 Å². The summed E-state index contributed by atoms with van der Waals surface area (Å²) < 4.78 is 10.7. The van der Waals surface area contributed by atoms with Gasteiger partial charge in [0.1, 0.15) is 11.5 Å². The number of aliphatic hydroxyl groups excluding tert-OH is 1. The Morgan fingerprint density at radius 3 is 2.31 bits per heavy atom. The lowest BCUT2D eigenvalue weighted by molar-refractivity contribution is 0.107. The summed E-state index contributed by atoms with van der Waals surface area (Å²) in [5, 5.41) is 11.5. The van der Waals surface area contributed by atoms with Crippen molar-refractivity contribution in [2.24, 2.45) is 0 Å². The van der Waals surface area contributed by atoms with E-state index in [-0.39, 0.29) is 0 Å². The highest BCUT2D eigenvalue weighted by atomic mass is 35.5. The molecule has 2 aromatic carbocycles. The number of anilines is 1. The maximum Gasteiger partial charge on any atom is 0.124 e. The van der Waals surface area contributed by atoms with Crippen molar-refractivity contribution in [2.75, 3.05) is 51.8 Å². The summed E-state index contributed by atoms with van der Waals surface area (Å²) >= 11 is 5.96. The molecule has 1 atom stereocenters. The highest BCUT2D eigenvalue weighted by Crippen LogP contribution is 2.30. The van der Waals surface area contributed by atoms with Gasteiger partial charge in [-0.15, -0.1) is 0 Å². The zero-order chi connectivity index (χ0) is 18.5. The average molecular weight is 377 g/mol. The van der Waals surface area contributed by atoms with Gasteiger partial charge in [-0.3, -0.25) is 4.90 Å². The molecule has 26 heavy (non-hydrogen) atoms. The molecule has 1 aliphatic heterocycles. The highest BCUT2D eigenvalue weighted by molar-refractivity contribution is 6.30. The Kier molecular flexibility index (Phi) is 6.25. The van der Waals surface area contributed by atoms with Crippen LogP contribution in [0.5, 0.6) is 11.5 Å². The van der Waals surface area contributed by atoms with E-state index in [0.29, 0.717) is 18.0 Å². The highest BCUT2D eigenvalue weighted by Gasteiger charge is 2.22. The van der Waals surface area contributed by atoms with E-state index in [9.17, 15) is 5.11 Å². The Morgan fingerprint density at radius 1 is 1.00 bits per heavy atom. The minimum Gasteiger partial charge on any atom is -0.497 e. The third-order valence-corrected chi connectivity index (χ3v) is 5.04. The zero-order valence-corrected chi connectivity index (χ0v) is 15.9. The van der Waals surface area contributed by atoms with Crippen molar-refractivity contribution in [2.45, 2.75) is 6.10 Å². The topological polar surface area (TPSA) is 45.2 Å². The molecular weight excluding hydrogens is 352 g/mol. The normalized spacial score (nSPS) is 16.4. The number of piperazine rings is 1. The van der Waals surface area contributed by atoms with Crippen molar-refractivity contribution in [1.29, 1.82) is 0 Å². The second-order valence-corrected chi connectivity index (χ2v) is 6.82. The Morgan fingerprint density at radius 2 is 1.69 bits per heavy atom. The van der Waals surface area contributed by atoms with Crippen LogP contribution in [0.2, 0.25) is 5.02 Å². The molecule has 1 saturated heterocycles. The maximum atomic E-state index is 10.7. The molecule has 0 bridgehead atoms.